The molecule has 0 fully saturated rings. The van der Waals surface area contributed by atoms with Crippen LogP contribution >= 0.6 is 0 Å². The van der Waals surface area contributed by atoms with Crippen LogP contribution in [0.25, 0.3) is 0 Å². The van der Waals surface area contributed by atoms with Gasteiger partial charge in [-0.3, -0.25) is 13.9 Å². The molecule has 232 valence electrons. The third-order valence-electron chi connectivity index (χ3n) is 6.67. The Morgan fingerprint density at radius 2 is 1.42 bits per heavy atom. The summed E-state index contributed by atoms with van der Waals surface area (Å²) in [6.07, 6.45) is 0. The van der Waals surface area contributed by atoms with E-state index in [-0.39, 0.29) is 40.6 Å². The predicted octanol–water partition coefficient (Wildman–Crippen LogP) is 3.86. The molecule has 0 aliphatic heterocycles. The number of benzene rings is 3. The van der Waals surface area contributed by atoms with Gasteiger partial charge in [0.05, 0.1) is 39.0 Å². The van der Waals surface area contributed by atoms with Gasteiger partial charge in [0.25, 0.3) is 10.0 Å². The molecule has 0 bridgehead atoms. The van der Waals surface area contributed by atoms with Crippen LogP contribution in [-0.4, -0.2) is 72.2 Å². The zero-order chi connectivity index (χ0) is 31.7. The zero-order valence-electron chi connectivity index (χ0n) is 25.5. The van der Waals surface area contributed by atoms with Crippen molar-refractivity contribution in [3.8, 4) is 23.0 Å². The summed E-state index contributed by atoms with van der Waals surface area (Å²) in [5, 5.41) is 2.83. The molecular weight excluding hydrogens is 574 g/mol. The van der Waals surface area contributed by atoms with Crippen LogP contribution in [-0.2, 0) is 26.2 Å². The Labute approximate surface area is 253 Å². The molecule has 0 saturated heterocycles. The second-order valence-corrected chi connectivity index (χ2v) is 11.8. The number of hydrogen-bond donors (Lipinski definition) is 1. The molecule has 0 radical (unpaired) electrons. The van der Waals surface area contributed by atoms with E-state index in [1.54, 1.807) is 19.1 Å². The van der Waals surface area contributed by atoms with Crippen LogP contribution in [0.5, 0.6) is 23.0 Å². The standard InChI is InChI=1S/C31H39N3O8S/c1-21(2)32-31(36)22(3)33(19-23-11-9-8-10-12-23)30(35)20-34(26-17-24(39-4)13-15-27(26)40-5)43(37,38)25-14-16-28(41-6)29(18-25)42-7/h8-18,21-22H,19-20H2,1-7H3,(H,32,36)/t22-/m1/s1. The van der Waals surface area contributed by atoms with Gasteiger partial charge in [-0.15, -0.1) is 0 Å². The Hall–Kier alpha value is -4.45. The number of hydrogen-bond acceptors (Lipinski definition) is 8. The predicted molar refractivity (Wildman–Crippen MR) is 163 cm³/mol. The summed E-state index contributed by atoms with van der Waals surface area (Å²) in [4.78, 5) is 28.4. The van der Waals surface area contributed by atoms with E-state index in [9.17, 15) is 18.0 Å². The highest BCUT2D eigenvalue weighted by Gasteiger charge is 2.34. The first-order valence-corrected chi connectivity index (χ1v) is 15.0. The van der Waals surface area contributed by atoms with Crippen molar-refractivity contribution in [2.75, 3.05) is 39.3 Å². The van der Waals surface area contributed by atoms with Crippen LogP contribution in [0.15, 0.2) is 71.6 Å². The SMILES string of the molecule is COc1ccc(OC)c(N(CC(=O)N(Cc2ccccc2)[C@H](C)C(=O)NC(C)C)S(=O)(=O)c2ccc(OC)c(OC)c2)c1. The van der Waals surface area contributed by atoms with Gasteiger partial charge < -0.3 is 29.2 Å². The Bertz CT molecular complexity index is 1510. The normalized spacial score (nSPS) is 11.8. The van der Waals surface area contributed by atoms with E-state index >= 15 is 0 Å². The molecule has 3 rings (SSSR count). The molecule has 0 aromatic heterocycles. The van der Waals surface area contributed by atoms with Crippen LogP contribution in [0, 0.1) is 0 Å². The van der Waals surface area contributed by atoms with Crippen LogP contribution in [0.1, 0.15) is 26.3 Å². The van der Waals surface area contributed by atoms with Gasteiger partial charge in [-0.05, 0) is 50.6 Å². The number of ether oxygens (including phenoxy) is 4. The number of rotatable bonds is 14. The van der Waals surface area contributed by atoms with Crippen molar-refractivity contribution in [2.24, 2.45) is 0 Å². The van der Waals surface area contributed by atoms with E-state index in [2.05, 4.69) is 5.32 Å². The molecule has 0 saturated carbocycles. The first-order valence-electron chi connectivity index (χ1n) is 13.6. The maximum absolute atomic E-state index is 14.3. The molecule has 0 heterocycles. The lowest BCUT2D eigenvalue weighted by Gasteiger charge is -2.32. The molecule has 0 aliphatic rings. The molecule has 1 atom stereocenters. The largest absolute Gasteiger partial charge is 0.497 e. The topological polar surface area (TPSA) is 124 Å². The summed E-state index contributed by atoms with van der Waals surface area (Å²) in [5.74, 6) is 0.0929. The fraction of sp³-hybridized carbons (Fsp3) is 0.355. The van der Waals surface area contributed by atoms with E-state index in [1.165, 1.54) is 57.6 Å². The van der Waals surface area contributed by atoms with Crippen molar-refractivity contribution in [1.29, 1.82) is 0 Å². The number of carbonyl (C=O) groups excluding carboxylic acids is 2. The number of carbonyl (C=O) groups is 2. The van der Waals surface area contributed by atoms with Gasteiger partial charge in [-0.25, -0.2) is 8.42 Å². The molecule has 3 aromatic rings. The second-order valence-electron chi connectivity index (χ2n) is 9.91. The minimum absolute atomic E-state index is 0.0731. The Morgan fingerprint density at radius 1 is 0.791 bits per heavy atom. The van der Waals surface area contributed by atoms with Crippen molar-refractivity contribution in [3.63, 3.8) is 0 Å². The minimum Gasteiger partial charge on any atom is -0.497 e. The van der Waals surface area contributed by atoms with Gasteiger partial charge in [-0.2, -0.15) is 0 Å². The summed E-state index contributed by atoms with van der Waals surface area (Å²) in [6, 6.07) is 16.9. The van der Waals surface area contributed by atoms with E-state index in [0.29, 0.717) is 11.5 Å². The zero-order valence-corrected chi connectivity index (χ0v) is 26.3. The number of nitrogens with one attached hydrogen (secondary N) is 1. The van der Waals surface area contributed by atoms with E-state index in [0.717, 1.165) is 9.87 Å². The number of nitrogens with zero attached hydrogens (tertiary/aromatic N) is 2. The lowest BCUT2D eigenvalue weighted by atomic mass is 10.1. The minimum atomic E-state index is -4.42. The van der Waals surface area contributed by atoms with Crippen molar-refractivity contribution < 1.29 is 37.0 Å². The van der Waals surface area contributed by atoms with E-state index in [1.807, 2.05) is 44.2 Å². The Morgan fingerprint density at radius 3 is 2.00 bits per heavy atom. The van der Waals surface area contributed by atoms with Gasteiger partial charge in [0.15, 0.2) is 11.5 Å². The first kappa shape index (κ1) is 33.1. The smallest absolute Gasteiger partial charge is 0.265 e. The van der Waals surface area contributed by atoms with Gasteiger partial charge >= 0.3 is 0 Å². The summed E-state index contributed by atoms with van der Waals surface area (Å²) >= 11 is 0. The maximum atomic E-state index is 14.3. The average Bonchev–Trinajstić information content (AvgIpc) is 3.01. The van der Waals surface area contributed by atoms with Crippen LogP contribution < -0.4 is 28.6 Å². The van der Waals surface area contributed by atoms with Crippen molar-refractivity contribution >= 4 is 27.5 Å². The molecular formula is C31H39N3O8S. The highest BCUT2D eigenvalue weighted by atomic mass is 32.2. The fourth-order valence-electron chi connectivity index (χ4n) is 4.38. The number of sulfonamides is 1. The van der Waals surface area contributed by atoms with Crippen molar-refractivity contribution in [1.82, 2.24) is 10.2 Å². The molecule has 43 heavy (non-hydrogen) atoms. The summed E-state index contributed by atoms with van der Waals surface area (Å²) in [7, 11) is 1.26. The van der Waals surface area contributed by atoms with Crippen LogP contribution in [0.4, 0.5) is 5.69 Å². The maximum Gasteiger partial charge on any atom is 0.265 e. The first-order chi connectivity index (χ1) is 20.5. The Balaban J connectivity index is 2.16. The molecule has 12 heteroatoms. The number of amides is 2. The van der Waals surface area contributed by atoms with Gasteiger partial charge in [0, 0.05) is 24.7 Å². The summed E-state index contributed by atoms with van der Waals surface area (Å²) < 4.78 is 51.1. The fourth-order valence-corrected chi connectivity index (χ4v) is 5.81. The molecule has 0 unspecified atom stereocenters. The lowest BCUT2D eigenvalue weighted by molar-refractivity contribution is -0.139. The van der Waals surface area contributed by atoms with Crippen molar-refractivity contribution in [2.45, 2.75) is 44.3 Å². The van der Waals surface area contributed by atoms with E-state index < -0.39 is 28.5 Å². The number of anilines is 1. The second kappa shape index (κ2) is 14.6. The van der Waals surface area contributed by atoms with Gasteiger partial charge in [-0.1, -0.05) is 30.3 Å². The third-order valence-corrected chi connectivity index (χ3v) is 8.43. The van der Waals surface area contributed by atoms with Gasteiger partial charge in [0.2, 0.25) is 11.8 Å². The highest BCUT2D eigenvalue weighted by molar-refractivity contribution is 7.92. The molecule has 11 nitrogen and oxygen atoms in total. The highest BCUT2D eigenvalue weighted by Crippen LogP contribution is 2.37. The van der Waals surface area contributed by atoms with Crippen molar-refractivity contribution in [3.05, 3.63) is 72.3 Å². The van der Waals surface area contributed by atoms with E-state index in [4.69, 9.17) is 18.9 Å². The monoisotopic (exact) mass is 613 g/mol. The molecule has 0 aliphatic carbocycles. The summed E-state index contributed by atoms with van der Waals surface area (Å²) in [5.41, 5.74) is 0.845. The molecule has 1 N–H and O–H groups in total. The molecule has 3 aromatic carbocycles. The third kappa shape index (κ3) is 7.89. The summed E-state index contributed by atoms with van der Waals surface area (Å²) in [6.45, 7) is 4.68. The quantitative estimate of drug-likeness (QED) is 0.291. The van der Waals surface area contributed by atoms with Gasteiger partial charge in [0.1, 0.15) is 24.1 Å². The lowest BCUT2D eigenvalue weighted by Crippen LogP contribution is -2.52. The molecule has 2 amide bonds. The number of methoxy groups -OCH3 is 4. The Kier molecular flexibility index (Phi) is 11.2. The average molecular weight is 614 g/mol. The van der Waals surface area contributed by atoms with Crippen LogP contribution in [0.2, 0.25) is 0 Å². The molecule has 0 spiro atoms. The van der Waals surface area contributed by atoms with Crippen LogP contribution in [0.3, 0.4) is 0 Å².